The van der Waals surface area contributed by atoms with E-state index in [4.69, 9.17) is 20.4 Å². The SMILES string of the molecule is CCC(=O)N(c1ccccc1)C1CCN(CCc2ccccc2)CC1.CCC(=O)N(c1ccccc1)C1CCN(CCc2ccccc2)CC1.O=C(O)CC(O)(CC(=O)O)C(=O)O. The van der Waals surface area contributed by atoms with Gasteiger partial charge < -0.3 is 40.0 Å². The number of carbonyl (C=O) groups excluding carboxylic acids is 2. The molecule has 2 fully saturated rings. The molecule has 63 heavy (non-hydrogen) atoms. The zero-order valence-electron chi connectivity index (χ0n) is 36.6. The van der Waals surface area contributed by atoms with Gasteiger partial charge in [-0.15, -0.1) is 0 Å². The molecule has 338 valence electrons. The third kappa shape index (κ3) is 16.4. The Morgan fingerprint density at radius 3 is 1.10 bits per heavy atom. The number of nitrogens with zero attached hydrogens (tertiary/aromatic N) is 4. The number of aliphatic carboxylic acids is 3. The van der Waals surface area contributed by atoms with Crippen LogP contribution in [0.2, 0.25) is 0 Å². The van der Waals surface area contributed by atoms with Crippen molar-refractivity contribution in [3.05, 3.63) is 132 Å². The van der Waals surface area contributed by atoms with Crippen LogP contribution in [-0.4, -0.2) is 117 Å². The molecule has 13 heteroatoms. The van der Waals surface area contributed by atoms with Gasteiger partial charge in [-0.1, -0.05) is 111 Å². The predicted octanol–water partition coefficient (Wildman–Crippen LogP) is 7.02. The van der Waals surface area contributed by atoms with Gasteiger partial charge in [0.1, 0.15) is 0 Å². The molecule has 0 radical (unpaired) electrons. The van der Waals surface area contributed by atoms with Crippen LogP contribution in [0.15, 0.2) is 121 Å². The Morgan fingerprint density at radius 1 is 0.524 bits per heavy atom. The summed E-state index contributed by atoms with van der Waals surface area (Å²) in [6.45, 7) is 10.4. The molecule has 0 atom stereocenters. The van der Waals surface area contributed by atoms with Crippen molar-refractivity contribution >= 4 is 41.1 Å². The van der Waals surface area contributed by atoms with Gasteiger partial charge in [0.25, 0.3) is 0 Å². The minimum Gasteiger partial charge on any atom is -0.481 e. The monoisotopic (exact) mass is 864 g/mol. The molecule has 0 spiro atoms. The van der Waals surface area contributed by atoms with Crippen LogP contribution in [0.1, 0.15) is 76.3 Å². The Hall–Kier alpha value is -5.89. The summed E-state index contributed by atoms with van der Waals surface area (Å²) in [6, 6.07) is 42.3. The Balaban J connectivity index is 0.000000219. The van der Waals surface area contributed by atoms with Crippen LogP contribution >= 0.6 is 0 Å². The van der Waals surface area contributed by atoms with Gasteiger partial charge in [-0.25, -0.2) is 4.79 Å². The van der Waals surface area contributed by atoms with E-state index in [1.54, 1.807) is 0 Å². The molecular formula is C50H64N4O9. The van der Waals surface area contributed by atoms with Gasteiger partial charge in [-0.2, -0.15) is 0 Å². The molecule has 6 rings (SSSR count). The second-order valence-electron chi connectivity index (χ2n) is 16.0. The fourth-order valence-electron chi connectivity index (χ4n) is 8.01. The minimum atomic E-state index is -2.74. The number of benzene rings is 4. The van der Waals surface area contributed by atoms with E-state index in [2.05, 4.69) is 94.7 Å². The number of carboxylic acid groups (broad SMARTS) is 3. The van der Waals surface area contributed by atoms with Crippen LogP contribution in [-0.2, 0) is 36.8 Å². The largest absolute Gasteiger partial charge is 0.481 e. The molecular weight excluding hydrogens is 801 g/mol. The van der Waals surface area contributed by atoms with Crippen molar-refractivity contribution < 1.29 is 44.4 Å². The molecule has 2 aliphatic rings. The van der Waals surface area contributed by atoms with Crippen molar-refractivity contribution in [3.63, 3.8) is 0 Å². The highest BCUT2D eigenvalue weighted by Crippen LogP contribution is 2.26. The van der Waals surface area contributed by atoms with Crippen LogP contribution in [0.5, 0.6) is 0 Å². The van der Waals surface area contributed by atoms with E-state index >= 15 is 0 Å². The number of anilines is 2. The third-order valence-electron chi connectivity index (χ3n) is 11.5. The number of aliphatic hydroxyl groups is 1. The number of likely N-dealkylation sites (tertiary alicyclic amines) is 2. The normalized spacial score (nSPS) is 14.8. The standard InChI is InChI=1S/2C22H28N2O.C6H8O7/c2*1-2-22(25)24(20-11-7-4-8-12-20)21-14-17-23(18-15-21)16-13-19-9-5-3-6-10-19;7-3(8)1-6(13,5(11)12)2-4(9)10/h2*3-12,21H,2,13-18H2,1H3;13H,1-2H2,(H,7,8)(H,9,10)(H,11,12). The Morgan fingerprint density at radius 2 is 0.825 bits per heavy atom. The van der Waals surface area contributed by atoms with Crippen LogP contribution in [0.4, 0.5) is 11.4 Å². The molecule has 2 saturated heterocycles. The van der Waals surface area contributed by atoms with Crippen LogP contribution < -0.4 is 9.80 Å². The average Bonchev–Trinajstić information content (AvgIpc) is 3.30. The van der Waals surface area contributed by atoms with Crippen molar-refractivity contribution in [1.29, 1.82) is 0 Å². The summed E-state index contributed by atoms with van der Waals surface area (Å²) in [7, 11) is 0. The zero-order chi connectivity index (χ0) is 45.6. The van der Waals surface area contributed by atoms with Crippen molar-refractivity contribution in [2.75, 3.05) is 49.1 Å². The van der Waals surface area contributed by atoms with E-state index in [-0.39, 0.29) is 11.8 Å². The molecule has 0 unspecified atom stereocenters. The van der Waals surface area contributed by atoms with Crippen molar-refractivity contribution in [2.24, 2.45) is 0 Å². The first-order valence-electron chi connectivity index (χ1n) is 22.0. The van der Waals surface area contributed by atoms with Gasteiger partial charge in [0.05, 0.1) is 12.8 Å². The number of carboxylic acids is 3. The summed E-state index contributed by atoms with van der Waals surface area (Å²) in [5, 5.41) is 33.8. The fraction of sp³-hybridized carbons (Fsp3) is 0.420. The van der Waals surface area contributed by atoms with Gasteiger partial charge in [-0.05, 0) is 73.9 Å². The predicted molar refractivity (Wildman–Crippen MR) is 245 cm³/mol. The van der Waals surface area contributed by atoms with Crippen LogP contribution in [0.3, 0.4) is 0 Å². The molecule has 13 nitrogen and oxygen atoms in total. The molecule has 2 heterocycles. The number of para-hydroxylation sites is 2. The van der Waals surface area contributed by atoms with E-state index in [1.165, 1.54) is 11.1 Å². The van der Waals surface area contributed by atoms with E-state index < -0.39 is 36.4 Å². The first-order valence-corrected chi connectivity index (χ1v) is 22.0. The van der Waals surface area contributed by atoms with Gasteiger partial charge in [0.2, 0.25) is 11.8 Å². The molecule has 0 aliphatic carbocycles. The molecule has 2 aliphatic heterocycles. The van der Waals surface area contributed by atoms with E-state index in [0.717, 1.165) is 89.2 Å². The molecule has 4 N–H and O–H groups in total. The highest BCUT2D eigenvalue weighted by molar-refractivity contribution is 5.94. The molecule has 0 aromatic heterocycles. The van der Waals surface area contributed by atoms with Gasteiger partial charge in [0, 0.05) is 75.6 Å². The quantitative estimate of drug-likeness (QED) is 0.0857. The summed E-state index contributed by atoms with van der Waals surface area (Å²) >= 11 is 0. The third-order valence-corrected chi connectivity index (χ3v) is 11.5. The Bertz CT molecular complexity index is 1850. The summed E-state index contributed by atoms with van der Waals surface area (Å²) in [6.07, 6.45) is 5.23. The Kier molecular flexibility index (Phi) is 20.5. The topological polar surface area (TPSA) is 179 Å². The number of hydrogen-bond donors (Lipinski definition) is 4. The van der Waals surface area contributed by atoms with Gasteiger partial charge >= 0.3 is 17.9 Å². The average molecular weight is 865 g/mol. The van der Waals surface area contributed by atoms with E-state index in [0.29, 0.717) is 24.9 Å². The molecule has 4 aromatic carbocycles. The number of rotatable bonds is 17. The Labute approximate surface area is 371 Å². The van der Waals surface area contributed by atoms with Crippen LogP contribution in [0, 0.1) is 0 Å². The van der Waals surface area contributed by atoms with E-state index in [9.17, 15) is 24.0 Å². The van der Waals surface area contributed by atoms with Crippen LogP contribution in [0.25, 0.3) is 0 Å². The van der Waals surface area contributed by atoms with E-state index in [1.807, 2.05) is 60.0 Å². The van der Waals surface area contributed by atoms with Crippen molar-refractivity contribution in [3.8, 4) is 0 Å². The maximum absolute atomic E-state index is 12.5. The summed E-state index contributed by atoms with van der Waals surface area (Å²) in [5.41, 5.74) is 2.14. The molecule has 0 bridgehead atoms. The summed E-state index contributed by atoms with van der Waals surface area (Å²) < 4.78 is 0. The highest BCUT2D eigenvalue weighted by atomic mass is 16.4. The highest BCUT2D eigenvalue weighted by Gasteiger charge is 2.41. The van der Waals surface area contributed by atoms with Gasteiger partial charge in [0.15, 0.2) is 5.60 Å². The van der Waals surface area contributed by atoms with Crippen molar-refractivity contribution in [1.82, 2.24) is 9.80 Å². The molecule has 0 saturated carbocycles. The second-order valence-corrected chi connectivity index (χ2v) is 16.0. The molecule has 2 amide bonds. The lowest BCUT2D eigenvalue weighted by atomic mass is 9.96. The maximum atomic E-state index is 12.5. The summed E-state index contributed by atoms with van der Waals surface area (Å²) in [4.78, 5) is 64.7. The lowest BCUT2D eigenvalue weighted by Crippen LogP contribution is -2.47. The second kappa shape index (κ2) is 25.9. The fourth-order valence-corrected chi connectivity index (χ4v) is 8.01. The zero-order valence-corrected chi connectivity index (χ0v) is 36.6. The lowest BCUT2D eigenvalue weighted by molar-refractivity contribution is -0.170. The number of hydrogen-bond acceptors (Lipinski definition) is 8. The number of carbonyl (C=O) groups is 5. The summed E-state index contributed by atoms with van der Waals surface area (Å²) in [5.74, 6) is -4.56. The minimum absolute atomic E-state index is 0.230. The first-order chi connectivity index (χ1) is 30.3. The maximum Gasteiger partial charge on any atom is 0.336 e. The van der Waals surface area contributed by atoms with Gasteiger partial charge in [-0.3, -0.25) is 19.2 Å². The number of amides is 2. The smallest absolute Gasteiger partial charge is 0.336 e. The first kappa shape index (κ1) is 49.8. The van der Waals surface area contributed by atoms with Crippen molar-refractivity contribution in [2.45, 2.75) is 95.7 Å². The lowest BCUT2D eigenvalue weighted by Gasteiger charge is -2.38. The number of piperidine rings is 2. The molecule has 4 aromatic rings.